The summed E-state index contributed by atoms with van der Waals surface area (Å²) >= 11 is 0. The second-order valence-electron chi connectivity index (χ2n) is 2.86. The summed E-state index contributed by atoms with van der Waals surface area (Å²) in [5.74, 6) is -0.466. The van der Waals surface area contributed by atoms with Crippen LogP contribution in [0.3, 0.4) is 0 Å². The average Bonchev–Trinajstić information content (AvgIpc) is 2.10. The molecule has 0 spiro atoms. The highest BCUT2D eigenvalue weighted by Crippen LogP contribution is 2.07. The topological polar surface area (TPSA) is 49.3 Å². The van der Waals surface area contributed by atoms with Gasteiger partial charge in [0.25, 0.3) is 5.91 Å². The van der Waals surface area contributed by atoms with Gasteiger partial charge in [-0.15, -0.1) is 0 Å². The average molecular weight is 171 g/mol. The molecule has 0 fully saturated rings. The normalized spacial score (nSPS) is 9.50. The van der Waals surface area contributed by atoms with Gasteiger partial charge in [0.2, 0.25) is 0 Å². The van der Waals surface area contributed by atoms with E-state index in [1.807, 2.05) is 0 Å². The molecule has 0 unspecified atom stereocenters. The lowest BCUT2D eigenvalue weighted by Crippen LogP contribution is -2.20. The lowest BCUT2D eigenvalue weighted by atomic mass is 10.1. The second kappa shape index (κ2) is 6.85. The zero-order valence-electron chi connectivity index (χ0n) is 7.60. The van der Waals surface area contributed by atoms with E-state index < -0.39 is 5.91 Å². The van der Waals surface area contributed by atoms with Crippen LogP contribution >= 0.6 is 0 Å². The van der Waals surface area contributed by atoms with Crippen molar-refractivity contribution in [2.45, 2.75) is 39.0 Å². The third kappa shape index (κ3) is 4.91. The highest BCUT2D eigenvalue weighted by Gasteiger charge is 2.03. The Morgan fingerprint density at radius 3 is 2.58 bits per heavy atom. The Morgan fingerprint density at radius 1 is 1.42 bits per heavy atom. The van der Waals surface area contributed by atoms with Gasteiger partial charge in [-0.1, -0.05) is 32.8 Å². The Labute approximate surface area is 73.4 Å². The number of hydrogen-bond donors (Lipinski definition) is 2. The number of carbonyl (C=O) groups is 1. The fourth-order valence-corrected chi connectivity index (χ4v) is 0.958. The van der Waals surface area contributed by atoms with Gasteiger partial charge >= 0.3 is 0 Å². The Morgan fingerprint density at radius 2 is 2.08 bits per heavy atom. The third-order valence-corrected chi connectivity index (χ3v) is 1.75. The van der Waals surface area contributed by atoms with E-state index in [9.17, 15) is 4.79 Å². The molecule has 0 aliphatic rings. The first kappa shape index (κ1) is 11.2. The van der Waals surface area contributed by atoms with Crippen LogP contribution in [0.4, 0.5) is 0 Å². The summed E-state index contributed by atoms with van der Waals surface area (Å²) in [6.07, 6.45) is 5.13. The van der Waals surface area contributed by atoms with Crippen LogP contribution in [0.15, 0.2) is 12.2 Å². The van der Waals surface area contributed by atoms with E-state index in [2.05, 4.69) is 13.5 Å². The van der Waals surface area contributed by atoms with Crippen LogP contribution in [-0.2, 0) is 4.79 Å². The lowest BCUT2D eigenvalue weighted by Gasteiger charge is -2.01. The molecule has 0 heterocycles. The van der Waals surface area contributed by atoms with Gasteiger partial charge in [-0.25, -0.2) is 5.48 Å². The fraction of sp³-hybridized carbons (Fsp3) is 0.667. The van der Waals surface area contributed by atoms with Crippen molar-refractivity contribution in [3.8, 4) is 0 Å². The highest BCUT2D eigenvalue weighted by molar-refractivity contribution is 5.91. The molecule has 0 radical (unpaired) electrons. The Kier molecular flexibility index (Phi) is 6.38. The first-order valence-corrected chi connectivity index (χ1v) is 4.34. The zero-order chi connectivity index (χ0) is 9.40. The van der Waals surface area contributed by atoms with Crippen LogP contribution in [0.5, 0.6) is 0 Å². The predicted octanol–water partition coefficient (Wildman–Crippen LogP) is 2.02. The number of rotatable bonds is 6. The molecule has 0 aliphatic heterocycles. The third-order valence-electron chi connectivity index (χ3n) is 1.75. The molecule has 12 heavy (non-hydrogen) atoms. The minimum absolute atomic E-state index is 0.452. The van der Waals surface area contributed by atoms with E-state index in [1.54, 1.807) is 5.48 Å². The first-order valence-electron chi connectivity index (χ1n) is 4.34. The summed E-state index contributed by atoms with van der Waals surface area (Å²) in [4.78, 5) is 10.7. The molecular weight excluding hydrogens is 154 g/mol. The van der Waals surface area contributed by atoms with Crippen LogP contribution < -0.4 is 5.48 Å². The Hall–Kier alpha value is -0.830. The number of hydrogen-bond acceptors (Lipinski definition) is 2. The summed E-state index contributed by atoms with van der Waals surface area (Å²) in [7, 11) is 0. The standard InChI is InChI=1S/C9H17NO2/c1-3-4-5-6-7-8(2)9(11)10-12/h12H,2-7H2,1H3,(H,10,11). The minimum atomic E-state index is -0.466. The number of amides is 1. The first-order chi connectivity index (χ1) is 5.72. The van der Waals surface area contributed by atoms with Crippen molar-refractivity contribution in [1.82, 2.24) is 5.48 Å². The van der Waals surface area contributed by atoms with Gasteiger partial charge in [0, 0.05) is 5.57 Å². The van der Waals surface area contributed by atoms with E-state index >= 15 is 0 Å². The smallest absolute Gasteiger partial charge is 0.269 e. The molecule has 0 saturated carbocycles. The highest BCUT2D eigenvalue weighted by atomic mass is 16.5. The predicted molar refractivity (Wildman–Crippen MR) is 47.8 cm³/mol. The van der Waals surface area contributed by atoms with Crippen molar-refractivity contribution in [2.24, 2.45) is 0 Å². The molecule has 1 amide bonds. The van der Waals surface area contributed by atoms with Crippen molar-refractivity contribution in [1.29, 1.82) is 0 Å². The summed E-state index contributed by atoms with van der Waals surface area (Å²) in [6, 6.07) is 0. The van der Waals surface area contributed by atoms with Gasteiger partial charge in [0.05, 0.1) is 0 Å². The molecule has 0 saturated heterocycles. The molecule has 3 nitrogen and oxygen atoms in total. The quantitative estimate of drug-likeness (QED) is 0.278. The van der Waals surface area contributed by atoms with Gasteiger partial charge in [-0.3, -0.25) is 10.0 Å². The van der Waals surface area contributed by atoms with Crippen molar-refractivity contribution < 1.29 is 10.0 Å². The maximum Gasteiger partial charge on any atom is 0.269 e. The summed E-state index contributed by atoms with van der Waals surface area (Å²) in [5.41, 5.74) is 2.02. The largest absolute Gasteiger partial charge is 0.288 e. The molecule has 0 rings (SSSR count). The number of nitrogens with one attached hydrogen (secondary N) is 1. The van der Waals surface area contributed by atoms with Gasteiger partial charge < -0.3 is 0 Å². The van der Waals surface area contributed by atoms with E-state index in [1.165, 1.54) is 12.8 Å². The van der Waals surface area contributed by atoms with Gasteiger partial charge in [-0.2, -0.15) is 0 Å². The van der Waals surface area contributed by atoms with E-state index in [-0.39, 0.29) is 0 Å². The minimum Gasteiger partial charge on any atom is -0.288 e. The van der Waals surface area contributed by atoms with E-state index in [0.717, 1.165) is 12.8 Å². The van der Waals surface area contributed by atoms with Crippen molar-refractivity contribution in [2.75, 3.05) is 0 Å². The summed E-state index contributed by atoms with van der Waals surface area (Å²) in [6.45, 7) is 5.69. The van der Waals surface area contributed by atoms with Gasteiger partial charge in [0.15, 0.2) is 0 Å². The van der Waals surface area contributed by atoms with E-state index in [4.69, 9.17) is 5.21 Å². The maximum atomic E-state index is 10.7. The molecule has 0 bridgehead atoms. The van der Waals surface area contributed by atoms with E-state index in [0.29, 0.717) is 12.0 Å². The molecule has 3 heteroatoms. The molecule has 0 aromatic carbocycles. The van der Waals surface area contributed by atoms with Crippen LogP contribution in [0.2, 0.25) is 0 Å². The Bertz CT molecular complexity index is 155. The van der Waals surface area contributed by atoms with Crippen molar-refractivity contribution in [3.05, 3.63) is 12.2 Å². The molecule has 70 valence electrons. The number of hydroxylamine groups is 1. The van der Waals surface area contributed by atoms with Crippen LogP contribution in [-0.4, -0.2) is 11.1 Å². The summed E-state index contributed by atoms with van der Waals surface area (Å²) < 4.78 is 0. The maximum absolute atomic E-state index is 10.7. The van der Waals surface area contributed by atoms with Crippen molar-refractivity contribution in [3.63, 3.8) is 0 Å². The van der Waals surface area contributed by atoms with Crippen LogP contribution in [0.1, 0.15) is 39.0 Å². The Balaban J connectivity index is 3.38. The molecule has 0 aromatic heterocycles. The molecule has 0 aliphatic carbocycles. The lowest BCUT2D eigenvalue weighted by molar-refractivity contribution is -0.125. The summed E-state index contributed by atoms with van der Waals surface area (Å²) in [5, 5.41) is 8.25. The SMILES string of the molecule is C=C(CCCCCC)C(=O)NO. The fourth-order valence-electron chi connectivity index (χ4n) is 0.958. The number of unbranched alkanes of at least 4 members (excludes halogenated alkanes) is 3. The number of carbonyl (C=O) groups excluding carboxylic acids is 1. The molecule has 0 aromatic rings. The molecular formula is C9H17NO2. The second-order valence-corrected chi connectivity index (χ2v) is 2.86. The molecule has 2 N–H and O–H groups in total. The van der Waals surface area contributed by atoms with Gasteiger partial charge in [-0.05, 0) is 12.8 Å². The zero-order valence-corrected chi connectivity index (χ0v) is 7.60. The van der Waals surface area contributed by atoms with Crippen molar-refractivity contribution >= 4 is 5.91 Å². The van der Waals surface area contributed by atoms with Gasteiger partial charge in [0.1, 0.15) is 0 Å². The van der Waals surface area contributed by atoms with Crippen LogP contribution in [0.25, 0.3) is 0 Å². The monoisotopic (exact) mass is 171 g/mol. The van der Waals surface area contributed by atoms with Crippen LogP contribution in [0, 0.1) is 0 Å². The molecule has 0 atom stereocenters.